The van der Waals surface area contributed by atoms with Crippen LogP contribution in [0.5, 0.6) is 0 Å². The van der Waals surface area contributed by atoms with Crippen molar-refractivity contribution in [1.29, 1.82) is 0 Å². The number of hydrogen-bond acceptors (Lipinski definition) is 2. The Morgan fingerprint density at radius 1 is 1.25 bits per heavy atom. The molecule has 0 aromatic carbocycles. The third-order valence-corrected chi connectivity index (χ3v) is 3.87. The van der Waals surface area contributed by atoms with Crippen LogP contribution in [0.1, 0.15) is 32.1 Å². The Morgan fingerprint density at radius 3 is 2.75 bits per heavy atom. The minimum absolute atomic E-state index is 0.00877. The maximum atomic E-state index is 12.1. The molecule has 1 aliphatic carbocycles. The van der Waals surface area contributed by atoms with Crippen LogP contribution in [0.15, 0.2) is 28.4 Å². The van der Waals surface area contributed by atoms with Crippen LogP contribution >= 0.6 is 11.6 Å². The number of amidine groups is 1. The summed E-state index contributed by atoms with van der Waals surface area (Å²) in [6, 6.07) is 0. The Labute approximate surface area is 99.5 Å². The quantitative estimate of drug-likeness (QED) is 0.648. The molecule has 0 atom stereocenters. The third kappa shape index (κ3) is 1.27. The number of nitrogens with zero attached hydrogens (tertiary/aromatic N) is 2. The van der Waals surface area contributed by atoms with E-state index in [4.69, 9.17) is 11.6 Å². The van der Waals surface area contributed by atoms with Gasteiger partial charge in [-0.3, -0.25) is 4.79 Å². The summed E-state index contributed by atoms with van der Waals surface area (Å²) in [7, 11) is 0. The largest absolute Gasteiger partial charge is 0.316 e. The molecule has 3 aliphatic rings. The van der Waals surface area contributed by atoms with E-state index in [1.54, 1.807) is 6.08 Å². The number of fused-ring (bicyclic) bond motifs is 2. The van der Waals surface area contributed by atoms with Crippen molar-refractivity contribution < 1.29 is 4.79 Å². The fraction of sp³-hybridized carbons (Fsp3) is 0.500. The molecule has 84 valence electrons. The third-order valence-electron chi connectivity index (χ3n) is 3.65. The molecule has 3 nitrogen and oxygen atoms in total. The van der Waals surface area contributed by atoms with Gasteiger partial charge in [0.2, 0.25) is 0 Å². The summed E-state index contributed by atoms with van der Waals surface area (Å²) in [5.74, 6) is 0.755. The number of allylic oxidation sites excluding steroid dienone is 2. The predicted octanol–water partition coefficient (Wildman–Crippen LogP) is 2.58. The molecule has 0 saturated heterocycles. The topological polar surface area (TPSA) is 32.7 Å². The van der Waals surface area contributed by atoms with Crippen molar-refractivity contribution >= 4 is 23.3 Å². The van der Waals surface area contributed by atoms with Gasteiger partial charge in [0.15, 0.2) is 0 Å². The highest BCUT2D eigenvalue weighted by Gasteiger charge is 2.49. The molecular weight excluding hydrogens is 224 g/mol. The van der Waals surface area contributed by atoms with Gasteiger partial charge in [0.25, 0.3) is 5.91 Å². The van der Waals surface area contributed by atoms with Crippen LogP contribution in [0.25, 0.3) is 0 Å². The Balaban J connectivity index is 2.02. The summed E-state index contributed by atoms with van der Waals surface area (Å²) in [4.78, 5) is 18.2. The standard InChI is InChI=1S/C12H13ClN2O/c13-9-4-5-10-14-11(16)12(15(10)8-9)6-2-1-3-7-12/h4-5,8H,1-3,6-7H2. The zero-order valence-electron chi connectivity index (χ0n) is 8.95. The second-order valence-electron chi connectivity index (χ2n) is 4.58. The molecule has 0 aromatic rings. The first kappa shape index (κ1) is 10.1. The highest BCUT2D eigenvalue weighted by molar-refractivity contribution is 6.32. The summed E-state index contributed by atoms with van der Waals surface area (Å²) in [5.41, 5.74) is -0.418. The fourth-order valence-electron chi connectivity index (χ4n) is 2.80. The molecule has 2 heterocycles. The molecule has 1 fully saturated rings. The van der Waals surface area contributed by atoms with Crippen molar-refractivity contribution in [2.24, 2.45) is 4.99 Å². The highest BCUT2D eigenvalue weighted by Crippen LogP contribution is 2.40. The maximum absolute atomic E-state index is 12.1. The van der Waals surface area contributed by atoms with E-state index >= 15 is 0 Å². The number of halogens is 1. The average molecular weight is 237 g/mol. The first-order chi connectivity index (χ1) is 7.72. The van der Waals surface area contributed by atoms with E-state index in [2.05, 4.69) is 4.99 Å². The number of aliphatic imine (C=N–C) groups is 1. The van der Waals surface area contributed by atoms with Gasteiger partial charge in [-0.25, -0.2) is 0 Å². The molecule has 0 radical (unpaired) electrons. The maximum Gasteiger partial charge on any atom is 0.273 e. The minimum atomic E-state index is -0.418. The summed E-state index contributed by atoms with van der Waals surface area (Å²) < 4.78 is 0. The molecule has 0 bridgehead atoms. The molecule has 0 aromatic heterocycles. The Bertz CT molecular complexity index is 430. The van der Waals surface area contributed by atoms with Crippen LogP contribution in [0.3, 0.4) is 0 Å². The molecule has 4 heteroatoms. The Morgan fingerprint density at radius 2 is 2.00 bits per heavy atom. The van der Waals surface area contributed by atoms with Crippen LogP contribution in [0.2, 0.25) is 0 Å². The molecule has 1 amide bonds. The molecule has 1 spiro atoms. The highest BCUT2D eigenvalue weighted by atomic mass is 35.5. The van der Waals surface area contributed by atoms with Crippen LogP contribution in [-0.2, 0) is 4.79 Å². The van der Waals surface area contributed by atoms with Gasteiger partial charge in [0, 0.05) is 6.20 Å². The van der Waals surface area contributed by atoms with Gasteiger partial charge in [0.1, 0.15) is 11.4 Å². The molecule has 2 aliphatic heterocycles. The summed E-state index contributed by atoms with van der Waals surface area (Å²) in [6.07, 6.45) is 10.7. The van der Waals surface area contributed by atoms with E-state index in [-0.39, 0.29) is 5.91 Å². The summed E-state index contributed by atoms with van der Waals surface area (Å²) in [6.45, 7) is 0. The summed E-state index contributed by atoms with van der Waals surface area (Å²) in [5, 5.41) is 0.665. The lowest BCUT2D eigenvalue weighted by Gasteiger charge is -2.39. The first-order valence-corrected chi connectivity index (χ1v) is 6.08. The lowest BCUT2D eigenvalue weighted by molar-refractivity contribution is -0.126. The van der Waals surface area contributed by atoms with Gasteiger partial charge in [-0.05, 0) is 25.0 Å². The normalized spacial score (nSPS) is 26.8. The van der Waals surface area contributed by atoms with Crippen molar-refractivity contribution in [3.8, 4) is 0 Å². The lowest BCUT2D eigenvalue weighted by Crippen LogP contribution is -2.50. The van der Waals surface area contributed by atoms with Gasteiger partial charge < -0.3 is 4.90 Å². The smallest absolute Gasteiger partial charge is 0.273 e. The zero-order chi connectivity index (χ0) is 11.2. The molecule has 0 N–H and O–H groups in total. The van der Waals surface area contributed by atoms with E-state index in [0.717, 1.165) is 31.5 Å². The van der Waals surface area contributed by atoms with E-state index in [1.165, 1.54) is 6.42 Å². The SMILES string of the molecule is O=C1N=C2C=CC(Cl)=CN2C12CCCCC2. The Hall–Kier alpha value is -1.09. The molecule has 3 rings (SSSR count). The molecule has 16 heavy (non-hydrogen) atoms. The van der Waals surface area contributed by atoms with Gasteiger partial charge in [0.05, 0.1) is 5.03 Å². The number of hydrogen-bond donors (Lipinski definition) is 0. The fourth-order valence-corrected chi connectivity index (χ4v) is 2.96. The van der Waals surface area contributed by atoms with Crippen LogP contribution in [-0.4, -0.2) is 22.2 Å². The van der Waals surface area contributed by atoms with Crippen molar-refractivity contribution in [2.45, 2.75) is 37.6 Å². The Kier molecular flexibility index (Phi) is 2.18. The second kappa shape index (κ2) is 3.45. The summed E-state index contributed by atoms with van der Waals surface area (Å²) >= 11 is 6.00. The zero-order valence-corrected chi connectivity index (χ0v) is 9.70. The first-order valence-electron chi connectivity index (χ1n) is 5.70. The van der Waals surface area contributed by atoms with E-state index in [9.17, 15) is 4.79 Å². The van der Waals surface area contributed by atoms with Gasteiger partial charge in [-0.2, -0.15) is 4.99 Å². The van der Waals surface area contributed by atoms with Gasteiger partial charge >= 0.3 is 0 Å². The van der Waals surface area contributed by atoms with Crippen LogP contribution in [0, 0.1) is 0 Å². The van der Waals surface area contributed by atoms with Crippen molar-refractivity contribution in [1.82, 2.24) is 4.90 Å². The van der Waals surface area contributed by atoms with E-state index < -0.39 is 5.54 Å². The number of carbonyl (C=O) groups is 1. The molecule has 1 saturated carbocycles. The molecular formula is C12H13ClN2O. The number of rotatable bonds is 0. The minimum Gasteiger partial charge on any atom is -0.316 e. The number of carbonyl (C=O) groups excluding carboxylic acids is 1. The van der Waals surface area contributed by atoms with Gasteiger partial charge in [-0.15, -0.1) is 0 Å². The molecule has 0 unspecified atom stereocenters. The predicted molar refractivity (Wildman–Crippen MR) is 63.2 cm³/mol. The number of amides is 1. The van der Waals surface area contributed by atoms with Crippen LogP contribution < -0.4 is 0 Å². The average Bonchev–Trinajstić information content (AvgIpc) is 2.55. The van der Waals surface area contributed by atoms with E-state index in [1.807, 2.05) is 17.2 Å². The van der Waals surface area contributed by atoms with Crippen molar-refractivity contribution in [3.63, 3.8) is 0 Å². The van der Waals surface area contributed by atoms with Crippen molar-refractivity contribution in [3.05, 3.63) is 23.4 Å². The monoisotopic (exact) mass is 236 g/mol. The van der Waals surface area contributed by atoms with Crippen molar-refractivity contribution in [2.75, 3.05) is 0 Å². The van der Waals surface area contributed by atoms with Crippen LogP contribution in [0.4, 0.5) is 0 Å². The van der Waals surface area contributed by atoms with Gasteiger partial charge in [-0.1, -0.05) is 30.9 Å². The second-order valence-corrected chi connectivity index (χ2v) is 5.02. The van der Waals surface area contributed by atoms with E-state index in [0.29, 0.717) is 5.03 Å². The lowest BCUT2D eigenvalue weighted by atomic mass is 9.80.